The standard InChI is InChI=1S/C66H110N6O49S/c1-16(79)67-31-47(95)52(25(10-76)107-58(31)100)116-63-36(72-21(6)84)48(96)53(26(11-77)111-63)118-64-51(99)55(119-66-57(121-62-35(71-20(5)83)46(94)40(88)30(113-62)15-106-122(101,102)103)50(98)54(27(12-78)112-66)117-60-33(69-18(3)81)44(92)38(86)23(8-74)109-60)42(90)29(114-64)14-105-65-56(120-61-34(70-19(4)82)45(93)39(87)24(9-75)110-61)49(97)41(89)28(115-65)13-104-59-32(68-17(2)80)43(91)37(85)22(7-73)108-59/h22-66,73-78,85-100H,7-15H2,1-6H3,(H,67,79)(H,68,80)(H,69,81)(H,70,82)(H,71,83)(H,72,84)(H,101,102,103)/t22-,23-,24-,25-,26-,27-,28-,29-,30-,31-,32-,33-,34-,35-,36-,37-,38-,39-,40-,41-,42-,43-,44-,45-,46-,47-,48-,49+,50+,51+,52-,53-,54-,55+,56+,57+,58-,59-,60+,61+,62+,63+,64+,65+,66-/m1/s1. The van der Waals surface area contributed by atoms with Gasteiger partial charge in [0.1, 0.15) is 219 Å². The van der Waals surface area contributed by atoms with Gasteiger partial charge in [0.25, 0.3) is 0 Å². The quantitative estimate of drug-likeness (QED) is 0.0271. The van der Waals surface area contributed by atoms with Crippen LogP contribution in [0.25, 0.3) is 0 Å². The van der Waals surface area contributed by atoms with Gasteiger partial charge in [0.15, 0.2) is 56.6 Å². The summed E-state index contributed by atoms with van der Waals surface area (Å²) in [6.45, 7) is -4.84. The van der Waals surface area contributed by atoms with Crippen molar-refractivity contribution in [1.82, 2.24) is 31.9 Å². The van der Waals surface area contributed by atoms with Gasteiger partial charge in [-0.2, -0.15) is 8.42 Å². The molecule has 0 unspecified atom stereocenters. The van der Waals surface area contributed by atoms with Crippen LogP contribution in [0.2, 0.25) is 0 Å². The van der Waals surface area contributed by atoms with Crippen molar-refractivity contribution in [2.75, 3.05) is 59.5 Å². The van der Waals surface area contributed by atoms with Crippen LogP contribution in [0.15, 0.2) is 0 Å². The first-order valence-corrected chi connectivity index (χ1v) is 39.6. The van der Waals surface area contributed by atoms with Gasteiger partial charge in [-0.05, 0) is 0 Å². The zero-order chi connectivity index (χ0) is 90.3. The molecule has 9 fully saturated rings. The van der Waals surface area contributed by atoms with E-state index in [1.165, 1.54) is 0 Å². The average Bonchev–Trinajstić information content (AvgIpc) is 0.797. The second kappa shape index (κ2) is 44.0. The van der Waals surface area contributed by atoms with Crippen molar-refractivity contribution in [3.63, 3.8) is 0 Å². The van der Waals surface area contributed by atoms with Crippen molar-refractivity contribution in [3.8, 4) is 0 Å². The van der Waals surface area contributed by atoms with Crippen LogP contribution in [0.5, 0.6) is 0 Å². The summed E-state index contributed by atoms with van der Waals surface area (Å²) >= 11 is 0. The molecule has 0 aromatic heterocycles. The zero-order valence-corrected chi connectivity index (χ0v) is 66.5. The van der Waals surface area contributed by atoms with E-state index >= 15 is 0 Å². The number of hydrogen-bond acceptors (Lipinski definition) is 48. The van der Waals surface area contributed by atoms with Crippen molar-refractivity contribution in [2.24, 2.45) is 0 Å². The van der Waals surface area contributed by atoms with Gasteiger partial charge in [-0.3, -0.25) is 33.3 Å². The molecule has 9 saturated heterocycles. The number of aliphatic hydroxyl groups is 22. The number of nitrogens with one attached hydrogen (secondary N) is 6. The zero-order valence-electron chi connectivity index (χ0n) is 65.7. The van der Waals surface area contributed by atoms with E-state index in [4.69, 9.17) is 80.5 Å². The SMILES string of the molecule is CC(=O)N[C@@H]1[C@@H](O)[C@H](O[C@@H]2O[C@H](CO)[C@@H](O[C@@H]3O[C@H](CO[C@H]4O[C@H](CO[C@@H]5O[C@H](CO)[C@@H](O)[C@H](O)[C@H]5NC(C)=O)[C@@H](O)[C@H](O)[C@@H]4O[C@@H]4O[C@H](CO)[C@@H](O)[C@H](O)[C@H]4NC(C)=O)[C@@H](O)[C@H](O[C@H]4O[C@H](CO)[C@@H](O[C@@H]5O[C@H](CO)[C@@H](O)[C@H](O)[C@H]5NC(C)=O)[C@H](O)[C@@H]4O[C@@H]4O[C@H](COS(=O)(=O)O)[C@@H](O)[C@H](O)[C@H]4NC(C)=O)[C@@H]3O)[C@H](O)[C@H]2NC(C)=O)[C@@H](CO)O[C@H]1O. The Morgan fingerprint density at radius 1 is 0.254 bits per heavy atom. The van der Waals surface area contributed by atoms with Crippen LogP contribution in [0, 0.1) is 0 Å². The van der Waals surface area contributed by atoms with Gasteiger partial charge in [-0.1, -0.05) is 0 Å². The third-order valence-corrected chi connectivity index (χ3v) is 21.8. The Morgan fingerprint density at radius 3 is 0.926 bits per heavy atom. The number of carbonyl (C=O) groups excluding carboxylic acids is 6. The molecule has 9 aliphatic rings. The monoisotopic (exact) mass is 1800 g/mol. The van der Waals surface area contributed by atoms with Crippen LogP contribution in [-0.4, -0.2) is 496 Å². The van der Waals surface area contributed by atoms with E-state index in [0.717, 1.165) is 41.5 Å². The maximum atomic E-state index is 13.1. The highest BCUT2D eigenvalue weighted by Crippen LogP contribution is 2.40. The van der Waals surface area contributed by atoms with Crippen LogP contribution in [0.3, 0.4) is 0 Å². The van der Waals surface area contributed by atoms with E-state index in [1.807, 2.05) is 0 Å². The minimum Gasteiger partial charge on any atom is -0.394 e. The van der Waals surface area contributed by atoms with Gasteiger partial charge in [0.2, 0.25) is 35.4 Å². The molecule has 0 bridgehead atoms. The van der Waals surface area contributed by atoms with Gasteiger partial charge < -0.3 is 225 Å². The Kier molecular flexibility index (Phi) is 36.4. The Morgan fingerprint density at radius 2 is 0.516 bits per heavy atom. The van der Waals surface area contributed by atoms with Crippen LogP contribution < -0.4 is 31.9 Å². The number of aliphatic hydroxyl groups excluding tert-OH is 22. The molecule has 9 heterocycles. The van der Waals surface area contributed by atoms with Crippen molar-refractivity contribution in [3.05, 3.63) is 0 Å². The molecule has 0 aromatic carbocycles. The van der Waals surface area contributed by atoms with Crippen molar-refractivity contribution >= 4 is 45.8 Å². The third kappa shape index (κ3) is 23.8. The molecule has 9 aliphatic heterocycles. The smallest absolute Gasteiger partial charge is 0.394 e. The second-order valence-corrected chi connectivity index (χ2v) is 31.3. The molecule has 0 saturated carbocycles. The van der Waals surface area contributed by atoms with Gasteiger partial charge in [0, 0.05) is 41.5 Å². The van der Waals surface area contributed by atoms with Crippen LogP contribution in [0.1, 0.15) is 41.5 Å². The molecule has 0 spiro atoms. The van der Waals surface area contributed by atoms with Crippen LogP contribution >= 0.6 is 0 Å². The summed E-state index contributed by atoms with van der Waals surface area (Å²) in [7, 11) is -5.43. The van der Waals surface area contributed by atoms with Crippen LogP contribution in [-0.2, 0) is 124 Å². The lowest BCUT2D eigenvalue weighted by molar-refractivity contribution is -0.403. The van der Waals surface area contributed by atoms with E-state index in [2.05, 4.69) is 36.1 Å². The number of carbonyl (C=O) groups is 6. The summed E-state index contributed by atoms with van der Waals surface area (Å²) in [4.78, 5) is 76.1. The summed E-state index contributed by atoms with van der Waals surface area (Å²) < 4.78 is 140. The molecule has 45 atom stereocenters. The van der Waals surface area contributed by atoms with Gasteiger partial charge in [0.05, 0.1) is 59.5 Å². The lowest BCUT2D eigenvalue weighted by Gasteiger charge is -2.51. The summed E-state index contributed by atoms with van der Waals surface area (Å²) in [6.07, 6.45) is -85.1. The minimum absolute atomic E-state index is 0.819. The summed E-state index contributed by atoms with van der Waals surface area (Å²) in [5.41, 5.74) is 0. The molecule has 0 aromatic rings. The number of rotatable bonds is 33. The first-order chi connectivity index (χ1) is 57.4. The van der Waals surface area contributed by atoms with Crippen molar-refractivity contribution < 1.29 is 239 Å². The highest BCUT2D eigenvalue weighted by Gasteiger charge is 2.61. The van der Waals surface area contributed by atoms with E-state index < -0.39 is 381 Å². The molecule has 0 aliphatic carbocycles. The normalized spacial score (nSPS) is 45.9. The van der Waals surface area contributed by atoms with E-state index in [0.29, 0.717) is 0 Å². The molecular formula is C66H110N6O49S. The Hall–Kier alpha value is -4.87. The average molecular weight is 1800 g/mol. The van der Waals surface area contributed by atoms with Crippen molar-refractivity contribution in [1.29, 1.82) is 0 Å². The topological polar surface area (TPSA) is 840 Å². The first-order valence-electron chi connectivity index (χ1n) is 38.3. The fourth-order valence-corrected chi connectivity index (χ4v) is 15.6. The Balaban J connectivity index is 1.15. The molecular weight excluding hydrogens is 1690 g/mol. The predicted octanol–water partition coefficient (Wildman–Crippen LogP) is -19.9. The molecule has 0 radical (unpaired) electrons. The summed E-state index contributed by atoms with van der Waals surface area (Å²) in [6, 6.07) is -11.2. The van der Waals surface area contributed by atoms with Crippen molar-refractivity contribution in [2.45, 2.75) is 318 Å². The largest absolute Gasteiger partial charge is 0.397 e. The summed E-state index contributed by atoms with van der Waals surface area (Å²) in [5, 5.41) is 264. The number of ether oxygens (including phenoxy) is 17. The molecule has 55 nitrogen and oxygen atoms in total. The molecule has 6 amide bonds. The van der Waals surface area contributed by atoms with Gasteiger partial charge in [-0.25, -0.2) is 4.18 Å². The summed E-state index contributed by atoms with van der Waals surface area (Å²) in [5.74, 6) is -5.52. The lowest BCUT2D eigenvalue weighted by atomic mass is 9.93. The number of hydrogen-bond donors (Lipinski definition) is 29. The first kappa shape index (κ1) is 101. The fourth-order valence-electron chi connectivity index (χ4n) is 15.3. The van der Waals surface area contributed by atoms with E-state index in [9.17, 15) is 154 Å². The number of amides is 6. The predicted molar refractivity (Wildman–Crippen MR) is 377 cm³/mol. The fraction of sp³-hybridized carbons (Fsp3) is 0.909. The molecule has 122 heavy (non-hydrogen) atoms. The van der Waals surface area contributed by atoms with Gasteiger partial charge >= 0.3 is 10.4 Å². The Labute approximate surface area is 691 Å². The lowest BCUT2D eigenvalue weighted by Crippen LogP contribution is -2.71. The van der Waals surface area contributed by atoms with E-state index in [-0.39, 0.29) is 0 Å². The second-order valence-electron chi connectivity index (χ2n) is 30.2. The molecule has 29 N–H and O–H groups in total. The molecule has 9 rings (SSSR count). The van der Waals surface area contributed by atoms with Gasteiger partial charge in [-0.15, -0.1) is 0 Å². The molecule has 56 heteroatoms. The highest BCUT2D eigenvalue weighted by molar-refractivity contribution is 7.80. The van der Waals surface area contributed by atoms with E-state index in [1.54, 1.807) is 0 Å². The maximum absolute atomic E-state index is 13.1. The Bertz CT molecular complexity index is 3510. The molecule has 704 valence electrons. The highest BCUT2D eigenvalue weighted by atomic mass is 32.3. The maximum Gasteiger partial charge on any atom is 0.397 e. The van der Waals surface area contributed by atoms with Crippen LogP contribution in [0.4, 0.5) is 0 Å². The minimum atomic E-state index is -5.43. The third-order valence-electron chi connectivity index (χ3n) is 21.3.